The summed E-state index contributed by atoms with van der Waals surface area (Å²) in [6.45, 7) is 3.39. The van der Waals surface area contributed by atoms with Crippen molar-refractivity contribution in [3.8, 4) is 5.69 Å². The first kappa shape index (κ1) is 22.1. The number of anilines is 2. The van der Waals surface area contributed by atoms with Crippen molar-refractivity contribution in [1.82, 2.24) is 14.8 Å². The largest absolute Gasteiger partial charge is 0.341 e. The predicted octanol–water partition coefficient (Wildman–Crippen LogP) is 4.47. The van der Waals surface area contributed by atoms with Gasteiger partial charge >= 0.3 is 0 Å². The van der Waals surface area contributed by atoms with Gasteiger partial charge in [0.25, 0.3) is 5.69 Å². The number of thioether (sulfide) groups is 1. The van der Waals surface area contributed by atoms with Gasteiger partial charge in [-0.25, -0.2) is 0 Å². The number of amides is 1. The van der Waals surface area contributed by atoms with Crippen LogP contribution in [0.1, 0.15) is 18.4 Å². The number of hydrogen-bond donors (Lipinski definition) is 1. The molecule has 4 rings (SSSR count). The third-order valence-electron chi connectivity index (χ3n) is 5.21. The number of para-hydroxylation sites is 1. The quantitative estimate of drug-likeness (QED) is 0.307. The third-order valence-corrected chi connectivity index (χ3v) is 6.46. The van der Waals surface area contributed by atoms with Crippen molar-refractivity contribution >= 4 is 46.6 Å². The number of rotatable bonds is 7. The summed E-state index contributed by atoms with van der Waals surface area (Å²) < 4.78 is 1.88. The lowest BCUT2D eigenvalue weighted by molar-refractivity contribution is -0.385. The molecule has 2 heterocycles. The Morgan fingerprint density at radius 3 is 2.66 bits per heavy atom. The molecule has 32 heavy (non-hydrogen) atoms. The third kappa shape index (κ3) is 4.56. The second-order valence-electron chi connectivity index (χ2n) is 7.31. The van der Waals surface area contributed by atoms with E-state index < -0.39 is 4.92 Å². The van der Waals surface area contributed by atoms with Crippen molar-refractivity contribution < 1.29 is 9.72 Å². The number of nitrogens with one attached hydrogen (secondary N) is 1. The van der Waals surface area contributed by atoms with Crippen LogP contribution in [-0.4, -0.2) is 44.4 Å². The molecule has 1 aromatic heterocycles. The van der Waals surface area contributed by atoms with Crippen molar-refractivity contribution in [1.29, 1.82) is 0 Å². The molecule has 1 aliphatic heterocycles. The molecule has 2 aromatic carbocycles. The van der Waals surface area contributed by atoms with Crippen LogP contribution in [0.5, 0.6) is 0 Å². The van der Waals surface area contributed by atoms with Gasteiger partial charge in [0.15, 0.2) is 5.16 Å². The first-order valence-electron chi connectivity index (χ1n) is 10.1. The highest BCUT2D eigenvalue weighted by Crippen LogP contribution is 2.32. The van der Waals surface area contributed by atoms with E-state index in [2.05, 4.69) is 20.4 Å². The fourth-order valence-corrected chi connectivity index (χ4v) is 4.55. The second kappa shape index (κ2) is 9.58. The van der Waals surface area contributed by atoms with Gasteiger partial charge in [-0.1, -0.05) is 41.6 Å². The standard InChI is InChI=1S/C21H21ClN6O3S/c1-14-16(8-6-10-17(14)28(30)31)23-19(29)13-32-21-25-24-20(26-11-4-5-12-26)27(21)18-9-3-2-7-15(18)22/h2-3,6-10H,4-5,11-13H2,1H3,(H,23,29). The molecule has 1 N–H and O–H groups in total. The van der Waals surface area contributed by atoms with E-state index in [0.717, 1.165) is 31.6 Å². The summed E-state index contributed by atoms with van der Waals surface area (Å²) in [6, 6.07) is 12.0. The monoisotopic (exact) mass is 472 g/mol. The number of carbonyl (C=O) groups excluding carboxylic acids is 1. The van der Waals surface area contributed by atoms with Crippen LogP contribution >= 0.6 is 23.4 Å². The molecule has 1 fully saturated rings. The van der Waals surface area contributed by atoms with Crippen LogP contribution in [0.4, 0.5) is 17.3 Å². The molecule has 0 aliphatic carbocycles. The van der Waals surface area contributed by atoms with E-state index in [0.29, 0.717) is 27.4 Å². The summed E-state index contributed by atoms with van der Waals surface area (Å²) in [6.07, 6.45) is 2.17. The molecule has 0 atom stereocenters. The van der Waals surface area contributed by atoms with Gasteiger partial charge < -0.3 is 10.2 Å². The Bertz CT molecular complexity index is 1160. The number of nitro groups is 1. The molecule has 9 nitrogen and oxygen atoms in total. The SMILES string of the molecule is Cc1c(NC(=O)CSc2nnc(N3CCCC3)n2-c2ccccc2Cl)cccc1[N+](=O)[O-]. The Balaban J connectivity index is 1.55. The highest BCUT2D eigenvalue weighted by Gasteiger charge is 2.24. The van der Waals surface area contributed by atoms with Crippen LogP contribution in [-0.2, 0) is 4.79 Å². The summed E-state index contributed by atoms with van der Waals surface area (Å²) in [5.74, 6) is 0.466. The molecule has 1 saturated heterocycles. The Morgan fingerprint density at radius 2 is 1.94 bits per heavy atom. The normalized spacial score (nSPS) is 13.4. The van der Waals surface area contributed by atoms with Gasteiger partial charge in [0, 0.05) is 19.2 Å². The van der Waals surface area contributed by atoms with E-state index in [1.54, 1.807) is 25.1 Å². The summed E-state index contributed by atoms with van der Waals surface area (Å²) in [7, 11) is 0. The van der Waals surface area contributed by atoms with Crippen molar-refractivity contribution in [2.45, 2.75) is 24.9 Å². The first-order valence-corrected chi connectivity index (χ1v) is 11.4. The lowest BCUT2D eigenvalue weighted by atomic mass is 10.1. The predicted molar refractivity (Wildman–Crippen MR) is 125 cm³/mol. The van der Waals surface area contributed by atoms with Gasteiger partial charge in [-0.3, -0.25) is 19.5 Å². The highest BCUT2D eigenvalue weighted by molar-refractivity contribution is 7.99. The van der Waals surface area contributed by atoms with E-state index in [4.69, 9.17) is 11.6 Å². The van der Waals surface area contributed by atoms with Crippen LogP contribution in [0.15, 0.2) is 47.6 Å². The molecule has 1 aliphatic rings. The zero-order chi connectivity index (χ0) is 22.7. The summed E-state index contributed by atoms with van der Waals surface area (Å²) >= 11 is 7.69. The topological polar surface area (TPSA) is 106 Å². The fourth-order valence-electron chi connectivity index (χ4n) is 3.59. The fraction of sp³-hybridized carbons (Fsp3) is 0.286. The maximum absolute atomic E-state index is 12.6. The van der Waals surface area contributed by atoms with Crippen molar-refractivity contribution in [2.24, 2.45) is 0 Å². The lowest BCUT2D eigenvalue weighted by Crippen LogP contribution is -2.22. The molecular weight excluding hydrogens is 452 g/mol. The maximum atomic E-state index is 12.6. The first-order chi connectivity index (χ1) is 15.5. The Hall–Kier alpha value is -3.11. The average Bonchev–Trinajstić information content (AvgIpc) is 3.43. The van der Waals surface area contributed by atoms with Gasteiger partial charge in [0.05, 0.1) is 32.6 Å². The van der Waals surface area contributed by atoms with E-state index in [-0.39, 0.29) is 17.3 Å². The van der Waals surface area contributed by atoms with Crippen LogP contribution in [0.25, 0.3) is 5.69 Å². The van der Waals surface area contributed by atoms with Crippen molar-refractivity contribution in [3.63, 3.8) is 0 Å². The van der Waals surface area contributed by atoms with Gasteiger partial charge in [-0.05, 0) is 38.0 Å². The number of carbonyl (C=O) groups is 1. The minimum Gasteiger partial charge on any atom is -0.341 e. The van der Waals surface area contributed by atoms with E-state index >= 15 is 0 Å². The Morgan fingerprint density at radius 1 is 1.19 bits per heavy atom. The molecule has 166 valence electrons. The lowest BCUT2D eigenvalue weighted by Gasteiger charge is -2.19. The number of benzene rings is 2. The highest BCUT2D eigenvalue weighted by atomic mass is 35.5. The smallest absolute Gasteiger partial charge is 0.274 e. The van der Waals surface area contributed by atoms with E-state index in [1.165, 1.54) is 17.8 Å². The van der Waals surface area contributed by atoms with Crippen LogP contribution in [0.2, 0.25) is 5.02 Å². The summed E-state index contributed by atoms with van der Waals surface area (Å²) in [5, 5.41) is 23.7. The van der Waals surface area contributed by atoms with E-state index in [1.807, 2.05) is 22.8 Å². The van der Waals surface area contributed by atoms with Gasteiger partial charge in [-0.2, -0.15) is 0 Å². The molecule has 0 spiro atoms. The number of aromatic nitrogens is 3. The minimum absolute atomic E-state index is 0.0378. The Kier molecular flexibility index (Phi) is 6.61. The Labute approximate surface area is 193 Å². The molecule has 0 radical (unpaired) electrons. The molecule has 0 unspecified atom stereocenters. The van der Waals surface area contributed by atoms with Gasteiger partial charge in [0.2, 0.25) is 11.9 Å². The van der Waals surface area contributed by atoms with Crippen LogP contribution < -0.4 is 10.2 Å². The summed E-state index contributed by atoms with van der Waals surface area (Å²) in [4.78, 5) is 25.4. The van der Waals surface area contributed by atoms with Crippen molar-refractivity contribution in [3.05, 3.63) is 63.2 Å². The molecule has 0 bridgehead atoms. The molecule has 0 saturated carbocycles. The zero-order valence-electron chi connectivity index (χ0n) is 17.3. The number of halogens is 1. The maximum Gasteiger partial charge on any atom is 0.274 e. The van der Waals surface area contributed by atoms with E-state index in [9.17, 15) is 14.9 Å². The molecule has 1 amide bonds. The summed E-state index contributed by atoms with van der Waals surface area (Å²) in [5.41, 5.74) is 1.53. The van der Waals surface area contributed by atoms with Crippen LogP contribution in [0.3, 0.4) is 0 Å². The molecule has 11 heteroatoms. The van der Waals surface area contributed by atoms with Crippen LogP contribution in [0, 0.1) is 17.0 Å². The zero-order valence-corrected chi connectivity index (χ0v) is 18.9. The number of hydrogen-bond acceptors (Lipinski definition) is 7. The van der Waals surface area contributed by atoms with Gasteiger partial charge in [-0.15, -0.1) is 10.2 Å². The van der Waals surface area contributed by atoms with Gasteiger partial charge in [0.1, 0.15) is 0 Å². The number of nitro benzene ring substituents is 1. The molecule has 3 aromatic rings. The minimum atomic E-state index is -0.467. The average molecular weight is 473 g/mol. The number of nitrogens with zero attached hydrogens (tertiary/aromatic N) is 5. The van der Waals surface area contributed by atoms with Crippen molar-refractivity contribution in [2.75, 3.05) is 29.1 Å². The molecular formula is C21H21ClN6O3S. The second-order valence-corrected chi connectivity index (χ2v) is 8.66.